The van der Waals surface area contributed by atoms with Gasteiger partial charge >= 0.3 is 5.97 Å². The smallest absolute Gasteiger partial charge is 0.310 e. The molecule has 0 saturated carbocycles. The van der Waals surface area contributed by atoms with E-state index in [2.05, 4.69) is 5.32 Å². The van der Waals surface area contributed by atoms with Gasteiger partial charge < -0.3 is 19.4 Å². The Morgan fingerprint density at radius 2 is 2.16 bits per heavy atom. The summed E-state index contributed by atoms with van der Waals surface area (Å²) in [6.07, 6.45) is 2.87. The Balaban J connectivity index is 2.03. The molecule has 2 amide bonds. The van der Waals surface area contributed by atoms with E-state index in [0.717, 1.165) is 6.42 Å². The Hall–Kier alpha value is -2.31. The van der Waals surface area contributed by atoms with Crippen LogP contribution in [0.5, 0.6) is 0 Å². The fourth-order valence-corrected chi connectivity index (χ4v) is 2.96. The zero-order valence-electron chi connectivity index (χ0n) is 15.0. The number of hydrogen-bond acceptors (Lipinski definition) is 5. The summed E-state index contributed by atoms with van der Waals surface area (Å²) in [5.41, 5.74) is 0. The maximum Gasteiger partial charge on any atom is 0.310 e. The van der Waals surface area contributed by atoms with Gasteiger partial charge in [-0.3, -0.25) is 14.4 Å². The molecule has 1 aromatic rings. The molecule has 1 aromatic heterocycles. The van der Waals surface area contributed by atoms with E-state index in [1.165, 1.54) is 6.26 Å². The molecule has 2 rings (SSSR count). The third kappa shape index (κ3) is 4.84. The van der Waals surface area contributed by atoms with E-state index in [4.69, 9.17) is 9.15 Å². The van der Waals surface area contributed by atoms with Gasteiger partial charge in [-0.05, 0) is 37.8 Å². The lowest BCUT2D eigenvalue weighted by Crippen LogP contribution is -2.54. The van der Waals surface area contributed by atoms with Crippen molar-refractivity contribution in [1.29, 1.82) is 0 Å². The molecule has 25 heavy (non-hydrogen) atoms. The Kier molecular flexibility index (Phi) is 6.61. The number of nitrogens with zero attached hydrogens (tertiary/aromatic N) is 1. The third-order valence-electron chi connectivity index (χ3n) is 4.32. The number of carbonyl (C=O) groups excluding carboxylic acids is 3. The Morgan fingerprint density at radius 3 is 2.76 bits per heavy atom. The fourth-order valence-electron chi connectivity index (χ4n) is 2.96. The lowest BCUT2D eigenvalue weighted by molar-refractivity contribution is -0.151. The molecule has 1 saturated heterocycles. The number of likely N-dealkylation sites (tertiary alicyclic amines) is 1. The molecule has 0 unspecified atom stereocenters. The molecule has 1 aliphatic heterocycles. The molecule has 138 valence electrons. The third-order valence-corrected chi connectivity index (χ3v) is 4.32. The normalized spacial score (nSPS) is 18.7. The molecule has 1 fully saturated rings. The van der Waals surface area contributed by atoms with Gasteiger partial charge in [0.2, 0.25) is 5.91 Å². The van der Waals surface area contributed by atoms with Crippen molar-refractivity contribution in [1.82, 2.24) is 10.2 Å². The predicted molar refractivity (Wildman–Crippen MR) is 90.7 cm³/mol. The van der Waals surface area contributed by atoms with Crippen LogP contribution in [0.2, 0.25) is 0 Å². The largest absolute Gasteiger partial charge is 0.466 e. The SMILES string of the molecule is CCOC(=O)[C@@H]1CCCN(C(=O)[C@@H](NC(=O)c2ccco2)C(C)C)C1. The highest BCUT2D eigenvalue weighted by molar-refractivity contribution is 5.95. The molecule has 7 heteroatoms. The van der Waals surface area contributed by atoms with Crippen molar-refractivity contribution in [3.05, 3.63) is 24.2 Å². The first kappa shape index (κ1) is 19.0. The van der Waals surface area contributed by atoms with Gasteiger partial charge in [0.1, 0.15) is 6.04 Å². The molecule has 7 nitrogen and oxygen atoms in total. The zero-order chi connectivity index (χ0) is 18.4. The summed E-state index contributed by atoms with van der Waals surface area (Å²) in [5.74, 6) is -1.08. The number of carbonyl (C=O) groups is 3. The highest BCUT2D eigenvalue weighted by atomic mass is 16.5. The van der Waals surface area contributed by atoms with E-state index in [9.17, 15) is 14.4 Å². The summed E-state index contributed by atoms with van der Waals surface area (Å²) in [6, 6.07) is 2.50. The van der Waals surface area contributed by atoms with Crippen molar-refractivity contribution in [3.63, 3.8) is 0 Å². The standard InChI is InChI=1S/C18H26N2O5/c1-4-24-18(23)13-7-5-9-20(11-13)17(22)15(12(2)3)19-16(21)14-8-6-10-25-14/h6,8,10,12-13,15H,4-5,7,9,11H2,1-3H3,(H,19,21)/t13-,15+/m1/s1. The minimum atomic E-state index is -0.668. The molecule has 0 aromatic carbocycles. The van der Waals surface area contributed by atoms with Crippen LogP contribution in [0.4, 0.5) is 0 Å². The number of ether oxygens (including phenoxy) is 1. The molecule has 0 spiro atoms. The number of furan rings is 1. The highest BCUT2D eigenvalue weighted by Crippen LogP contribution is 2.20. The maximum atomic E-state index is 12.9. The molecule has 2 atom stereocenters. The van der Waals surface area contributed by atoms with Gasteiger partial charge in [-0.25, -0.2) is 0 Å². The van der Waals surface area contributed by atoms with Crippen molar-refractivity contribution in [3.8, 4) is 0 Å². The summed E-state index contributed by atoms with van der Waals surface area (Å²) < 4.78 is 10.2. The monoisotopic (exact) mass is 350 g/mol. The second-order valence-electron chi connectivity index (χ2n) is 6.55. The summed E-state index contributed by atoms with van der Waals surface area (Å²) in [7, 11) is 0. The summed E-state index contributed by atoms with van der Waals surface area (Å²) in [6.45, 7) is 6.75. The first-order valence-electron chi connectivity index (χ1n) is 8.73. The van der Waals surface area contributed by atoms with Crippen LogP contribution in [0, 0.1) is 11.8 Å². The van der Waals surface area contributed by atoms with Crippen molar-refractivity contribution in [2.75, 3.05) is 19.7 Å². The highest BCUT2D eigenvalue weighted by Gasteiger charge is 2.34. The maximum absolute atomic E-state index is 12.9. The molecule has 2 heterocycles. The molecule has 1 N–H and O–H groups in total. The number of hydrogen-bond donors (Lipinski definition) is 1. The van der Waals surface area contributed by atoms with Gasteiger partial charge in [0.15, 0.2) is 5.76 Å². The van der Waals surface area contributed by atoms with E-state index in [1.807, 2.05) is 13.8 Å². The lowest BCUT2D eigenvalue weighted by Gasteiger charge is -2.35. The van der Waals surface area contributed by atoms with Crippen LogP contribution in [0.1, 0.15) is 44.2 Å². The minimum absolute atomic E-state index is 0.0885. The van der Waals surface area contributed by atoms with Crippen molar-refractivity contribution >= 4 is 17.8 Å². The van der Waals surface area contributed by atoms with E-state index >= 15 is 0 Å². The van der Waals surface area contributed by atoms with Crippen LogP contribution in [0.25, 0.3) is 0 Å². The van der Waals surface area contributed by atoms with E-state index in [1.54, 1.807) is 24.0 Å². The van der Waals surface area contributed by atoms with Gasteiger partial charge in [0, 0.05) is 13.1 Å². The number of rotatable bonds is 6. The van der Waals surface area contributed by atoms with E-state index in [-0.39, 0.29) is 29.5 Å². The molecular formula is C18H26N2O5. The average molecular weight is 350 g/mol. The summed E-state index contributed by atoms with van der Waals surface area (Å²) in [5, 5.41) is 2.75. The van der Waals surface area contributed by atoms with Crippen LogP contribution in [0.15, 0.2) is 22.8 Å². The number of esters is 1. The topological polar surface area (TPSA) is 88.9 Å². The number of piperidine rings is 1. The zero-order valence-corrected chi connectivity index (χ0v) is 15.0. The second-order valence-corrected chi connectivity index (χ2v) is 6.55. The van der Waals surface area contributed by atoms with Crippen molar-refractivity contribution in [2.45, 2.75) is 39.7 Å². The van der Waals surface area contributed by atoms with Crippen LogP contribution < -0.4 is 5.32 Å². The quantitative estimate of drug-likeness (QED) is 0.791. The van der Waals surface area contributed by atoms with Crippen molar-refractivity contribution < 1.29 is 23.5 Å². The van der Waals surface area contributed by atoms with Gasteiger partial charge in [-0.1, -0.05) is 13.8 Å². The van der Waals surface area contributed by atoms with Crippen LogP contribution >= 0.6 is 0 Å². The van der Waals surface area contributed by atoms with Gasteiger partial charge in [-0.2, -0.15) is 0 Å². The Labute approximate surface area is 147 Å². The van der Waals surface area contributed by atoms with E-state index in [0.29, 0.717) is 26.1 Å². The Bertz CT molecular complexity index is 597. The molecular weight excluding hydrogens is 324 g/mol. The summed E-state index contributed by atoms with van der Waals surface area (Å²) in [4.78, 5) is 38.7. The Morgan fingerprint density at radius 1 is 1.40 bits per heavy atom. The molecule has 0 radical (unpaired) electrons. The first-order chi connectivity index (χ1) is 11.9. The molecule has 0 aliphatic carbocycles. The predicted octanol–water partition coefficient (Wildman–Crippen LogP) is 1.84. The first-order valence-corrected chi connectivity index (χ1v) is 8.73. The molecule has 1 aliphatic rings. The molecule has 0 bridgehead atoms. The number of nitrogens with one attached hydrogen (secondary N) is 1. The summed E-state index contributed by atoms with van der Waals surface area (Å²) >= 11 is 0. The van der Waals surface area contributed by atoms with Gasteiger partial charge in [0.25, 0.3) is 5.91 Å². The van der Waals surface area contributed by atoms with Crippen molar-refractivity contribution in [2.24, 2.45) is 11.8 Å². The minimum Gasteiger partial charge on any atom is -0.466 e. The van der Waals surface area contributed by atoms with Gasteiger partial charge in [0.05, 0.1) is 18.8 Å². The van der Waals surface area contributed by atoms with Crippen LogP contribution in [0.3, 0.4) is 0 Å². The van der Waals surface area contributed by atoms with Crippen LogP contribution in [-0.2, 0) is 14.3 Å². The average Bonchev–Trinajstić information content (AvgIpc) is 3.13. The fraction of sp³-hybridized carbons (Fsp3) is 0.611. The lowest BCUT2D eigenvalue weighted by atomic mass is 9.95. The van der Waals surface area contributed by atoms with Gasteiger partial charge in [-0.15, -0.1) is 0 Å². The van der Waals surface area contributed by atoms with E-state index < -0.39 is 11.9 Å². The second kappa shape index (κ2) is 8.69. The van der Waals surface area contributed by atoms with Crippen LogP contribution in [-0.4, -0.2) is 48.4 Å². The number of amides is 2.